The number of hydrogen-bond donors (Lipinski definition) is 2. The zero-order valence-electron chi connectivity index (χ0n) is 19.8. The largest absolute Gasteiger partial charge is 0.493 e. The summed E-state index contributed by atoms with van der Waals surface area (Å²) in [4.78, 5) is 36.3. The lowest BCUT2D eigenvalue weighted by Gasteiger charge is -2.11. The first-order valence-electron chi connectivity index (χ1n) is 10.7. The number of nitrogens with zero attached hydrogens (tertiary/aromatic N) is 2. The van der Waals surface area contributed by atoms with Gasteiger partial charge in [0, 0.05) is 23.3 Å². The van der Waals surface area contributed by atoms with Crippen LogP contribution < -0.4 is 20.2 Å². The van der Waals surface area contributed by atoms with Crippen LogP contribution in [0.2, 0.25) is 0 Å². The van der Waals surface area contributed by atoms with E-state index in [1.807, 2.05) is 0 Å². The fourth-order valence-electron chi connectivity index (χ4n) is 3.16. The summed E-state index contributed by atoms with van der Waals surface area (Å²) in [5.74, 6) is -0.234. The standard InChI is InChI=1S/C26H24N4O6/c1-17(20-10-7-11-21(16-20)30(33)34)28-29-26(32)22(27-25(31)19-8-5-4-6-9-19)14-18-12-13-23(35-2)24(15-18)36-3/h4-16H,1-3H3,(H,27,31)(H,29,32)/b22-14+,28-17-. The van der Waals surface area contributed by atoms with Crippen molar-refractivity contribution in [2.24, 2.45) is 5.10 Å². The van der Waals surface area contributed by atoms with E-state index in [0.29, 0.717) is 33.9 Å². The van der Waals surface area contributed by atoms with Crippen LogP contribution >= 0.6 is 0 Å². The van der Waals surface area contributed by atoms with Crippen molar-refractivity contribution in [3.05, 3.63) is 105 Å². The third-order valence-corrected chi connectivity index (χ3v) is 5.05. The van der Waals surface area contributed by atoms with Crippen LogP contribution in [0.3, 0.4) is 0 Å². The topological polar surface area (TPSA) is 132 Å². The van der Waals surface area contributed by atoms with Gasteiger partial charge in [-0.05, 0) is 42.8 Å². The zero-order chi connectivity index (χ0) is 26.1. The summed E-state index contributed by atoms with van der Waals surface area (Å²) in [6.45, 7) is 1.60. The molecule has 184 valence electrons. The first-order valence-corrected chi connectivity index (χ1v) is 10.7. The quantitative estimate of drug-likeness (QED) is 0.203. The summed E-state index contributed by atoms with van der Waals surface area (Å²) in [6.07, 6.45) is 1.47. The maximum absolute atomic E-state index is 13.0. The molecule has 0 aliphatic rings. The summed E-state index contributed by atoms with van der Waals surface area (Å²) >= 11 is 0. The summed E-state index contributed by atoms with van der Waals surface area (Å²) in [5, 5.41) is 17.7. The molecule has 2 N–H and O–H groups in total. The van der Waals surface area contributed by atoms with E-state index < -0.39 is 16.7 Å². The lowest BCUT2D eigenvalue weighted by Crippen LogP contribution is -2.33. The second-order valence-electron chi connectivity index (χ2n) is 7.44. The highest BCUT2D eigenvalue weighted by molar-refractivity contribution is 6.06. The highest BCUT2D eigenvalue weighted by Crippen LogP contribution is 2.28. The van der Waals surface area contributed by atoms with Gasteiger partial charge in [-0.15, -0.1) is 0 Å². The van der Waals surface area contributed by atoms with Gasteiger partial charge in [0.05, 0.1) is 24.9 Å². The van der Waals surface area contributed by atoms with Crippen LogP contribution in [0.25, 0.3) is 6.08 Å². The summed E-state index contributed by atoms with van der Waals surface area (Å²) in [7, 11) is 3.00. The number of carbonyl (C=O) groups is 2. The maximum Gasteiger partial charge on any atom is 0.287 e. The first-order chi connectivity index (χ1) is 17.3. The van der Waals surface area contributed by atoms with E-state index in [4.69, 9.17) is 9.47 Å². The van der Waals surface area contributed by atoms with Gasteiger partial charge in [-0.3, -0.25) is 19.7 Å². The minimum Gasteiger partial charge on any atom is -0.493 e. The molecule has 0 saturated carbocycles. The van der Waals surface area contributed by atoms with Gasteiger partial charge >= 0.3 is 0 Å². The molecule has 0 saturated heterocycles. The van der Waals surface area contributed by atoms with Gasteiger partial charge < -0.3 is 14.8 Å². The van der Waals surface area contributed by atoms with Crippen molar-refractivity contribution in [2.75, 3.05) is 14.2 Å². The van der Waals surface area contributed by atoms with E-state index in [9.17, 15) is 19.7 Å². The number of rotatable bonds is 9. The Kier molecular flexibility index (Phi) is 8.49. The molecule has 0 unspecified atom stereocenters. The lowest BCUT2D eigenvalue weighted by molar-refractivity contribution is -0.384. The van der Waals surface area contributed by atoms with E-state index >= 15 is 0 Å². The molecule has 10 nitrogen and oxygen atoms in total. The number of ether oxygens (including phenoxy) is 2. The second-order valence-corrected chi connectivity index (χ2v) is 7.44. The number of hydrazone groups is 1. The van der Waals surface area contributed by atoms with Crippen molar-refractivity contribution < 1.29 is 24.0 Å². The van der Waals surface area contributed by atoms with E-state index in [0.717, 1.165) is 0 Å². The van der Waals surface area contributed by atoms with E-state index in [2.05, 4.69) is 15.8 Å². The van der Waals surface area contributed by atoms with Crippen LogP contribution in [0.5, 0.6) is 11.5 Å². The summed E-state index contributed by atoms with van der Waals surface area (Å²) < 4.78 is 10.6. The Hall–Kier alpha value is -4.99. The van der Waals surface area contributed by atoms with Crippen LogP contribution in [-0.4, -0.2) is 36.7 Å². The van der Waals surface area contributed by atoms with Crippen LogP contribution in [0.15, 0.2) is 83.6 Å². The molecule has 3 aromatic carbocycles. The van der Waals surface area contributed by atoms with Crippen LogP contribution in [-0.2, 0) is 4.79 Å². The number of carbonyl (C=O) groups excluding carboxylic acids is 2. The number of nitro benzene ring substituents is 1. The van der Waals surface area contributed by atoms with Crippen LogP contribution in [0.4, 0.5) is 5.69 Å². The number of nitro groups is 1. The molecule has 0 spiro atoms. The molecule has 3 aromatic rings. The fraction of sp³-hybridized carbons (Fsp3) is 0.115. The van der Waals surface area contributed by atoms with Crippen LogP contribution in [0.1, 0.15) is 28.4 Å². The number of amides is 2. The summed E-state index contributed by atoms with van der Waals surface area (Å²) in [6, 6.07) is 19.3. The third kappa shape index (κ3) is 6.54. The van der Waals surface area contributed by atoms with Gasteiger partial charge in [0.1, 0.15) is 5.70 Å². The predicted molar refractivity (Wildman–Crippen MR) is 135 cm³/mol. The molecule has 0 atom stereocenters. The number of methoxy groups -OCH3 is 2. The van der Waals surface area contributed by atoms with E-state index in [1.54, 1.807) is 61.5 Å². The average molecular weight is 489 g/mol. The molecule has 0 aromatic heterocycles. The SMILES string of the molecule is COc1ccc(/C=C(/NC(=O)c2ccccc2)C(=O)N/N=C(/C)c2cccc([N+](=O)[O-])c2)cc1OC. The number of benzene rings is 3. The Balaban J connectivity index is 1.91. The highest BCUT2D eigenvalue weighted by Gasteiger charge is 2.16. The molecule has 0 bridgehead atoms. The molecule has 0 radical (unpaired) electrons. The number of non-ortho nitro benzene ring substituents is 1. The van der Waals surface area contributed by atoms with Gasteiger partial charge in [-0.25, -0.2) is 5.43 Å². The smallest absolute Gasteiger partial charge is 0.287 e. The Bertz CT molecular complexity index is 1340. The van der Waals surface area contributed by atoms with Crippen molar-refractivity contribution >= 4 is 29.3 Å². The molecular weight excluding hydrogens is 464 g/mol. The number of hydrogen-bond acceptors (Lipinski definition) is 7. The lowest BCUT2D eigenvalue weighted by atomic mass is 10.1. The molecule has 2 amide bonds. The van der Waals surface area contributed by atoms with Gasteiger partial charge in [0.25, 0.3) is 17.5 Å². The molecule has 10 heteroatoms. The van der Waals surface area contributed by atoms with Crippen molar-refractivity contribution in [2.45, 2.75) is 6.92 Å². The minimum atomic E-state index is -0.696. The molecule has 36 heavy (non-hydrogen) atoms. The van der Waals surface area contributed by atoms with Crippen molar-refractivity contribution in [3.8, 4) is 11.5 Å². The first kappa shape index (κ1) is 25.6. The molecule has 0 aliphatic heterocycles. The predicted octanol–water partition coefficient (Wildman–Crippen LogP) is 3.92. The van der Waals surface area contributed by atoms with E-state index in [1.165, 1.54) is 38.5 Å². The van der Waals surface area contributed by atoms with Gasteiger partial charge in [0.15, 0.2) is 11.5 Å². The monoisotopic (exact) mass is 488 g/mol. The molecule has 3 rings (SSSR count). The van der Waals surface area contributed by atoms with Gasteiger partial charge in [0.2, 0.25) is 0 Å². The van der Waals surface area contributed by atoms with E-state index in [-0.39, 0.29) is 11.4 Å². The van der Waals surface area contributed by atoms with Crippen molar-refractivity contribution in [1.82, 2.24) is 10.7 Å². The maximum atomic E-state index is 13.0. The second kappa shape index (κ2) is 11.9. The molecule has 0 fully saturated rings. The average Bonchev–Trinajstić information content (AvgIpc) is 2.91. The molecule has 0 heterocycles. The molecule has 0 aliphatic carbocycles. The summed E-state index contributed by atoms with van der Waals surface area (Å²) in [5.41, 5.74) is 3.94. The number of nitrogens with one attached hydrogen (secondary N) is 2. The Morgan fingerprint density at radius 2 is 1.61 bits per heavy atom. The Morgan fingerprint density at radius 1 is 0.917 bits per heavy atom. The minimum absolute atomic E-state index is 0.0772. The van der Waals surface area contributed by atoms with Crippen molar-refractivity contribution in [1.29, 1.82) is 0 Å². The molecular formula is C26H24N4O6. The zero-order valence-corrected chi connectivity index (χ0v) is 19.8. The third-order valence-electron chi connectivity index (χ3n) is 5.05. The Labute approximate surface area is 207 Å². The normalized spacial score (nSPS) is 11.4. The van der Waals surface area contributed by atoms with Gasteiger partial charge in [-0.2, -0.15) is 5.10 Å². The van der Waals surface area contributed by atoms with Gasteiger partial charge in [-0.1, -0.05) is 36.4 Å². The Morgan fingerprint density at radius 3 is 2.28 bits per heavy atom. The van der Waals surface area contributed by atoms with Crippen molar-refractivity contribution in [3.63, 3.8) is 0 Å². The fourth-order valence-corrected chi connectivity index (χ4v) is 3.16. The van der Waals surface area contributed by atoms with Crippen LogP contribution in [0, 0.1) is 10.1 Å². The highest BCUT2D eigenvalue weighted by atomic mass is 16.6.